The molecule has 26 heavy (non-hydrogen) atoms. The van der Waals surface area contributed by atoms with Gasteiger partial charge in [0.25, 0.3) is 5.91 Å². The lowest BCUT2D eigenvalue weighted by molar-refractivity contribution is 0.0944. The molecule has 0 saturated carbocycles. The number of carbonyl (C=O) groups excluding carboxylic acids is 1. The summed E-state index contributed by atoms with van der Waals surface area (Å²) in [7, 11) is 1.24. The van der Waals surface area contributed by atoms with Crippen LogP contribution in [0.15, 0.2) is 24.4 Å². The van der Waals surface area contributed by atoms with Crippen LogP contribution in [0.1, 0.15) is 29.8 Å². The standard InChI is InChI=1S/C18H19ClF2N2O3/c1-10(2)9-26-18-16(12(19)4-5-22-18)17(24)23-8-11-6-14(21)15(25-3)7-13(11)20/h4-7,10H,8-9H2,1-3H3,(H,23,24). The van der Waals surface area contributed by atoms with Gasteiger partial charge in [-0.2, -0.15) is 0 Å². The van der Waals surface area contributed by atoms with E-state index in [4.69, 9.17) is 21.1 Å². The molecule has 0 radical (unpaired) electrons. The van der Waals surface area contributed by atoms with Crippen molar-refractivity contribution in [2.45, 2.75) is 20.4 Å². The summed E-state index contributed by atoms with van der Waals surface area (Å²) < 4.78 is 37.9. The normalized spacial score (nSPS) is 10.7. The Labute approximate surface area is 155 Å². The fourth-order valence-electron chi connectivity index (χ4n) is 2.11. The van der Waals surface area contributed by atoms with E-state index in [1.54, 1.807) is 0 Å². The smallest absolute Gasteiger partial charge is 0.258 e. The summed E-state index contributed by atoms with van der Waals surface area (Å²) >= 11 is 6.09. The first-order valence-electron chi connectivity index (χ1n) is 7.90. The number of rotatable bonds is 7. The maximum absolute atomic E-state index is 14.0. The van der Waals surface area contributed by atoms with Gasteiger partial charge in [0.05, 0.1) is 18.7 Å². The first-order valence-corrected chi connectivity index (χ1v) is 8.28. The number of pyridine rings is 1. The minimum absolute atomic E-state index is 0.0266. The molecular formula is C18H19ClF2N2O3. The number of halogens is 3. The average molecular weight is 385 g/mol. The SMILES string of the molecule is COc1cc(F)c(CNC(=O)c2c(Cl)ccnc2OCC(C)C)cc1F. The first-order chi connectivity index (χ1) is 12.3. The molecule has 0 fully saturated rings. The summed E-state index contributed by atoms with van der Waals surface area (Å²) in [4.78, 5) is 16.5. The molecule has 140 valence electrons. The number of nitrogens with one attached hydrogen (secondary N) is 1. The number of hydrogen-bond acceptors (Lipinski definition) is 4. The van der Waals surface area contributed by atoms with Crippen LogP contribution in [0.2, 0.25) is 5.02 Å². The number of amides is 1. The fourth-order valence-corrected chi connectivity index (χ4v) is 2.33. The van der Waals surface area contributed by atoms with Crippen LogP contribution in [-0.2, 0) is 6.54 Å². The van der Waals surface area contributed by atoms with Crippen molar-refractivity contribution in [1.29, 1.82) is 0 Å². The predicted molar refractivity (Wildman–Crippen MR) is 93.7 cm³/mol. The molecule has 0 bridgehead atoms. The summed E-state index contributed by atoms with van der Waals surface area (Å²) in [5.74, 6) is -1.92. The zero-order chi connectivity index (χ0) is 19.3. The number of hydrogen-bond donors (Lipinski definition) is 1. The molecule has 0 atom stereocenters. The molecule has 1 amide bonds. The molecule has 0 aliphatic rings. The van der Waals surface area contributed by atoms with Crippen LogP contribution >= 0.6 is 11.6 Å². The Hall–Kier alpha value is -2.41. The van der Waals surface area contributed by atoms with Gasteiger partial charge >= 0.3 is 0 Å². The minimum Gasteiger partial charge on any atom is -0.494 e. The highest BCUT2D eigenvalue weighted by molar-refractivity contribution is 6.34. The van der Waals surface area contributed by atoms with Crippen molar-refractivity contribution in [3.63, 3.8) is 0 Å². The van der Waals surface area contributed by atoms with Crippen LogP contribution < -0.4 is 14.8 Å². The molecule has 1 aromatic heterocycles. The van der Waals surface area contributed by atoms with Crippen LogP contribution in [0.3, 0.4) is 0 Å². The van der Waals surface area contributed by atoms with Crippen LogP contribution in [0.5, 0.6) is 11.6 Å². The Bertz CT molecular complexity index is 800. The van der Waals surface area contributed by atoms with Crippen molar-refractivity contribution >= 4 is 17.5 Å². The number of nitrogens with zero attached hydrogens (tertiary/aromatic N) is 1. The van der Waals surface area contributed by atoms with E-state index >= 15 is 0 Å². The van der Waals surface area contributed by atoms with Gasteiger partial charge < -0.3 is 14.8 Å². The molecule has 5 nitrogen and oxygen atoms in total. The van der Waals surface area contributed by atoms with E-state index in [0.717, 1.165) is 12.1 Å². The van der Waals surface area contributed by atoms with Crippen molar-refractivity contribution in [3.05, 3.63) is 52.2 Å². The lowest BCUT2D eigenvalue weighted by atomic mass is 10.1. The summed E-state index contributed by atoms with van der Waals surface area (Å²) in [6.07, 6.45) is 1.42. The molecular weight excluding hydrogens is 366 g/mol. The van der Waals surface area contributed by atoms with E-state index < -0.39 is 17.5 Å². The van der Waals surface area contributed by atoms with Gasteiger partial charge in [-0.1, -0.05) is 25.4 Å². The van der Waals surface area contributed by atoms with Crippen LogP contribution in [-0.4, -0.2) is 24.6 Å². The van der Waals surface area contributed by atoms with E-state index in [-0.39, 0.29) is 40.2 Å². The van der Waals surface area contributed by atoms with E-state index in [1.165, 1.54) is 19.4 Å². The Balaban J connectivity index is 2.17. The number of carbonyl (C=O) groups is 1. The molecule has 0 spiro atoms. The van der Waals surface area contributed by atoms with E-state index in [2.05, 4.69) is 10.3 Å². The number of ether oxygens (including phenoxy) is 2. The van der Waals surface area contributed by atoms with Crippen molar-refractivity contribution in [2.75, 3.05) is 13.7 Å². The van der Waals surface area contributed by atoms with Gasteiger partial charge in [-0.15, -0.1) is 0 Å². The van der Waals surface area contributed by atoms with Gasteiger partial charge in [0.15, 0.2) is 11.6 Å². The molecule has 1 N–H and O–H groups in total. The second-order valence-corrected chi connectivity index (χ2v) is 6.35. The van der Waals surface area contributed by atoms with Gasteiger partial charge in [-0.05, 0) is 18.1 Å². The summed E-state index contributed by atoms with van der Waals surface area (Å²) in [6, 6.07) is 3.34. The molecule has 8 heteroatoms. The Morgan fingerprint density at radius 2 is 2.04 bits per heavy atom. The molecule has 2 aromatic rings. The third-order valence-corrected chi connectivity index (χ3v) is 3.72. The van der Waals surface area contributed by atoms with Crippen molar-refractivity contribution in [2.24, 2.45) is 5.92 Å². The maximum Gasteiger partial charge on any atom is 0.258 e. The topological polar surface area (TPSA) is 60.5 Å². The number of methoxy groups -OCH3 is 1. The monoisotopic (exact) mass is 384 g/mol. The van der Waals surface area contributed by atoms with Crippen LogP contribution in [0.25, 0.3) is 0 Å². The van der Waals surface area contributed by atoms with Gasteiger partial charge in [-0.25, -0.2) is 13.8 Å². The Morgan fingerprint density at radius 1 is 1.31 bits per heavy atom. The quantitative estimate of drug-likeness (QED) is 0.784. The van der Waals surface area contributed by atoms with E-state index in [0.29, 0.717) is 6.61 Å². The van der Waals surface area contributed by atoms with E-state index in [1.807, 2.05) is 13.8 Å². The fraction of sp³-hybridized carbons (Fsp3) is 0.333. The summed E-state index contributed by atoms with van der Waals surface area (Å²) in [5.41, 5.74) is 0.0190. The predicted octanol–water partition coefficient (Wildman–Crippen LogP) is 3.99. The second kappa shape index (κ2) is 8.80. The maximum atomic E-state index is 14.0. The van der Waals surface area contributed by atoms with Gasteiger partial charge in [0, 0.05) is 24.4 Å². The largest absolute Gasteiger partial charge is 0.494 e. The number of aromatic nitrogens is 1. The summed E-state index contributed by atoms with van der Waals surface area (Å²) in [5, 5.41) is 2.65. The van der Waals surface area contributed by atoms with Crippen LogP contribution in [0.4, 0.5) is 8.78 Å². The number of benzene rings is 1. The zero-order valence-electron chi connectivity index (χ0n) is 14.6. The van der Waals surface area contributed by atoms with Crippen molar-refractivity contribution in [3.8, 4) is 11.6 Å². The third-order valence-electron chi connectivity index (χ3n) is 3.41. The lowest BCUT2D eigenvalue weighted by Gasteiger charge is -2.13. The van der Waals surface area contributed by atoms with E-state index in [9.17, 15) is 13.6 Å². The average Bonchev–Trinajstić information content (AvgIpc) is 2.59. The third kappa shape index (κ3) is 4.82. The second-order valence-electron chi connectivity index (χ2n) is 5.94. The highest BCUT2D eigenvalue weighted by Crippen LogP contribution is 2.25. The van der Waals surface area contributed by atoms with Crippen molar-refractivity contribution < 1.29 is 23.0 Å². The lowest BCUT2D eigenvalue weighted by Crippen LogP contribution is -2.25. The first kappa shape index (κ1) is 19.9. The minimum atomic E-state index is -0.724. The molecule has 2 rings (SSSR count). The Kier molecular flexibility index (Phi) is 6.74. The van der Waals surface area contributed by atoms with Gasteiger partial charge in [0.2, 0.25) is 5.88 Å². The molecule has 0 unspecified atom stereocenters. The Morgan fingerprint density at radius 3 is 2.69 bits per heavy atom. The van der Waals surface area contributed by atoms with Crippen LogP contribution in [0, 0.1) is 17.6 Å². The highest BCUT2D eigenvalue weighted by atomic mass is 35.5. The molecule has 1 aromatic carbocycles. The van der Waals surface area contributed by atoms with Gasteiger partial charge in [0.1, 0.15) is 11.4 Å². The molecule has 1 heterocycles. The zero-order valence-corrected chi connectivity index (χ0v) is 15.4. The molecule has 0 aliphatic carbocycles. The molecule has 0 saturated heterocycles. The summed E-state index contributed by atoms with van der Waals surface area (Å²) in [6.45, 7) is 4.02. The molecule has 0 aliphatic heterocycles. The van der Waals surface area contributed by atoms with Crippen molar-refractivity contribution in [1.82, 2.24) is 10.3 Å². The van der Waals surface area contributed by atoms with Gasteiger partial charge in [-0.3, -0.25) is 4.79 Å². The highest BCUT2D eigenvalue weighted by Gasteiger charge is 2.19.